The summed E-state index contributed by atoms with van der Waals surface area (Å²) < 4.78 is 8.86. The van der Waals surface area contributed by atoms with Crippen LogP contribution in [0, 0.1) is 0 Å². The highest BCUT2D eigenvalue weighted by Crippen LogP contribution is 2.42. The molecule has 2 nitrogen and oxygen atoms in total. The van der Waals surface area contributed by atoms with Gasteiger partial charge in [-0.05, 0) is 88.0 Å². The molecule has 0 amide bonds. The van der Waals surface area contributed by atoms with Crippen LogP contribution in [0.15, 0.2) is 174 Å². The topological polar surface area (TPSA) is 16.4 Å². The molecule has 1 aliphatic carbocycles. The molecule has 9 aromatic rings. The first-order chi connectivity index (χ1) is 24.3. The Morgan fingerprint density at radius 2 is 1.27 bits per heavy atom. The maximum atomic E-state index is 6.22. The van der Waals surface area contributed by atoms with Crippen molar-refractivity contribution in [3.63, 3.8) is 0 Å². The predicted molar refractivity (Wildman–Crippen MR) is 210 cm³/mol. The monoisotopic (exact) mass is 645 g/mol. The highest BCUT2D eigenvalue weighted by atomic mass is 32.1. The Balaban J connectivity index is 1.10. The van der Waals surface area contributed by atoms with Crippen molar-refractivity contribution in [2.24, 2.45) is 0 Å². The molecule has 1 unspecified atom stereocenters. The average molecular weight is 646 g/mol. The molecular formula is C46H31NOS. The van der Waals surface area contributed by atoms with Crippen LogP contribution < -0.4 is 4.90 Å². The zero-order chi connectivity index (χ0) is 32.3. The molecule has 0 bridgehead atoms. The molecule has 7 aromatic carbocycles. The molecule has 49 heavy (non-hydrogen) atoms. The van der Waals surface area contributed by atoms with Crippen molar-refractivity contribution in [3.05, 3.63) is 175 Å². The summed E-state index contributed by atoms with van der Waals surface area (Å²) >= 11 is 1.87. The van der Waals surface area contributed by atoms with Gasteiger partial charge in [0.05, 0.1) is 6.04 Å². The number of thiophene rings is 1. The van der Waals surface area contributed by atoms with Crippen LogP contribution in [0.3, 0.4) is 0 Å². The largest absolute Gasteiger partial charge is 0.456 e. The van der Waals surface area contributed by atoms with Crippen LogP contribution in [0.1, 0.15) is 12.0 Å². The second-order valence-electron chi connectivity index (χ2n) is 12.8. The van der Waals surface area contributed by atoms with Gasteiger partial charge >= 0.3 is 0 Å². The van der Waals surface area contributed by atoms with E-state index in [2.05, 4.69) is 169 Å². The summed E-state index contributed by atoms with van der Waals surface area (Å²) in [4.78, 5) is 2.54. The number of anilines is 2. The van der Waals surface area contributed by atoms with E-state index in [1.807, 2.05) is 17.4 Å². The molecule has 2 heterocycles. The Bertz CT molecular complexity index is 2750. The molecule has 1 aliphatic rings. The van der Waals surface area contributed by atoms with Crippen LogP contribution >= 0.6 is 11.3 Å². The summed E-state index contributed by atoms with van der Waals surface area (Å²) in [5.74, 6) is 0. The minimum atomic E-state index is 0.147. The van der Waals surface area contributed by atoms with Gasteiger partial charge < -0.3 is 9.32 Å². The maximum absolute atomic E-state index is 6.22. The Morgan fingerprint density at radius 1 is 0.531 bits per heavy atom. The lowest BCUT2D eigenvalue weighted by molar-refractivity contribution is 0.669. The Hall–Kier alpha value is -5.90. The van der Waals surface area contributed by atoms with Gasteiger partial charge in [-0.15, -0.1) is 11.3 Å². The number of nitrogens with zero attached hydrogens (tertiary/aromatic N) is 1. The van der Waals surface area contributed by atoms with Crippen LogP contribution in [-0.2, 0) is 0 Å². The van der Waals surface area contributed by atoms with E-state index in [0.717, 1.165) is 23.0 Å². The first kappa shape index (κ1) is 28.1. The molecule has 3 heteroatoms. The van der Waals surface area contributed by atoms with E-state index in [9.17, 15) is 0 Å². The summed E-state index contributed by atoms with van der Waals surface area (Å²) in [6.07, 6.45) is 7.71. The Labute approximate surface area is 288 Å². The quantitative estimate of drug-likeness (QED) is 0.185. The van der Waals surface area contributed by atoms with E-state index in [1.54, 1.807) is 0 Å². The molecule has 232 valence electrons. The molecule has 1 atom stereocenters. The van der Waals surface area contributed by atoms with Crippen LogP contribution in [0.25, 0.3) is 69.6 Å². The Morgan fingerprint density at radius 3 is 2.16 bits per heavy atom. The van der Waals surface area contributed by atoms with Gasteiger partial charge in [0.25, 0.3) is 0 Å². The summed E-state index contributed by atoms with van der Waals surface area (Å²) in [5, 5.41) is 7.41. The fourth-order valence-corrected chi connectivity index (χ4v) is 8.83. The normalized spacial score (nSPS) is 14.7. The van der Waals surface area contributed by atoms with E-state index in [0.29, 0.717) is 0 Å². The molecule has 0 aliphatic heterocycles. The summed E-state index contributed by atoms with van der Waals surface area (Å²) in [7, 11) is 0. The molecule has 0 spiro atoms. The minimum absolute atomic E-state index is 0.147. The van der Waals surface area contributed by atoms with Gasteiger partial charge in [0.2, 0.25) is 0 Å². The zero-order valence-corrected chi connectivity index (χ0v) is 27.5. The van der Waals surface area contributed by atoms with Crippen molar-refractivity contribution in [1.29, 1.82) is 0 Å². The second-order valence-corrected chi connectivity index (χ2v) is 13.9. The van der Waals surface area contributed by atoms with Crippen molar-refractivity contribution in [1.82, 2.24) is 0 Å². The average Bonchev–Trinajstić information content (AvgIpc) is 3.74. The van der Waals surface area contributed by atoms with Gasteiger partial charge in [0.1, 0.15) is 11.2 Å². The third-order valence-corrected chi connectivity index (χ3v) is 11.2. The van der Waals surface area contributed by atoms with Gasteiger partial charge in [-0.3, -0.25) is 0 Å². The molecule has 0 fully saturated rings. The number of hydrogen-bond acceptors (Lipinski definition) is 3. The number of para-hydroxylation sites is 1. The van der Waals surface area contributed by atoms with E-state index in [1.165, 1.54) is 70.0 Å². The van der Waals surface area contributed by atoms with Crippen molar-refractivity contribution in [2.45, 2.75) is 12.5 Å². The van der Waals surface area contributed by atoms with Gasteiger partial charge in [0.15, 0.2) is 0 Å². The Kier molecular flexibility index (Phi) is 6.53. The number of hydrogen-bond donors (Lipinski definition) is 0. The van der Waals surface area contributed by atoms with Gasteiger partial charge in [-0.2, -0.15) is 0 Å². The maximum Gasteiger partial charge on any atom is 0.136 e. The number of benzene rings is 7. The van der Waals surface area contributed by atoms with Crippen LogP contribution in [-0.4, -0.2) is 6.04 Å². The van der Waals surface area contributed by atoms with Gasteiger partial charge in [-0.1, -0.05) is 121 Å². The molecule has 10 rings (SSSR count). The standard InChI is InChI=1S/C46H31NOS/c1-2-10-31(11-3-1)36-12-4-7-15-41(36)47(35-25-26-38-37-13-6-9-17-44(37)49-45(38)29-35)34-23-20-30(21-24-34)33-19-18-32-22-27-43-46(40(32)28-33)39-14-5-8-16-42(39)48-43/h1-14,16-29,41H,15H2. The minimum Gasteiger partial charge on any atom is -0.456 e. The third-order valence-electron chi connectivity index (χ3n) is 10.0. The summed E-state index contributed by atoms with van der Waals surface area (Å²) in [6, 6.07) is 55.2. The summed E-state index contributed by atoms with van der Waals surface area (Å²) in [6.45, 7) is 0. The van der Waals surface area contributed by atoms with Gasteiger partial charge in [0, 0.05) is 42.3 Å². The highest BCUT2D eigenvalue weighted by molar-refractivity contribution is 7.25. The first-order valence-electron chi connectivity index (χ1n) is 16.9. The molecule has 2 aromatic heterocycles. The number of rotatable bonds is 5. The first-order valence-corrected chi connectivity index (χ1v) is 17.7. The molecule has 0 radical (unpaired) electrons. The van der Waals surface area contributed by atoms with Crippen molar-refractivity contribution >= 4 is 81.2 Å². The second kappa shape index (κ2) is 11.4. The number of allylic oxidation sites excluding steroid dienone is 2. The predicted octanol–water partition coefficient (Wildman–Crippen LogP) is 13.3. The van der Waals surface area contributed by atoms with Crippen LogP contribution in [0.5, 0.6) is 0 Å². The van der Waals surface area contributed by atoms with Crippen LogP contribution in [0.2, 0.25) is 0 Å². The van der Waals surface area contributed by atoms with Crippen molar-refractivity contribution in [3.8, 4) is 11.1 Å². The lowest BCUT2D eigenvalue weighted by Gasteiger charge is -2.36. The molecule has 0 saturated carbocycles. The van der Waals surface area contributed by atoms with E-state index in [-0.39, 0.29) is 6.04 Å². The highest BCUT2D eigenvalue weighted by Gasteiger charge is 2.26. The smallest absolute Gasteiger partial charge is 0.136 e. The molecule has 0 N–H and O–H groups in total. The summed E-state index contributed by atoms with van der Waals surface area (Å²) in [5.41, 5.74) is 9.21. The zero-order valence-electron chi connectivity index (χ0n) is 26.7. The third kappa shape index (κ3) is 4.69. The fraction of sp³-hybridized carbons (Fsp3) is 0.0435. The number of fused-ring (bicyclic) bond motifs is 8. The SMILES string of the molecule is C1=CCC(N(c2ccc(-c3ccc4ccc5oc6ccccc6c5c4c3)cc2)c2ccc3c(c2)sc2ccccc23)C(c2ccccc2)=C1. The molecular weight excluding hydrogens is 615 g/mol. The van der Waals surface area contributed by atoms with Crippen molar-refractivity contribution in [2.75, 3.05) is 4.90 Å². The lowest BCUT2D eigenvalue weighted by Crippen LogP contribution is -2.32. The van der Waals surface area contributed by atoms with Gasteiger partial charge in [-0.25, -0.2) is 0 Å². The van der Waals surface area contributed by atoms with Crippen molar-refractivity contribution < 1.29 is 4.42 Å². The molecule has 0 saturated heterocycles. The number of furan rings is 1. The van der Waals surface area contributed by atoms with Crippen LogP contribution in [0.4, 0.5) is 11.4 Å². The van der Waals surface area contributed by atoms with E-state index in [4.69, 9.17) is 4.42 Å². The van der Waals surface area contributed by atoms with E-state index < -0.39 is 0 Å². The lowest BCUT2D eigenvalue weighted by atomic mass is 9.90. The van der Waals surface area contributed by atoms with E-state index >= 15 is 0 Å². The fourth-order valence-electron chi connectivity index (χ4n) is 7.69.